The van der Waals surface area contributed by atoms with Crippen molar-refractivity contribution in [3.8, 4) is 0 Å². The molecule has 0 aliphatic rings. The number of hydrogen-bond donors (Lipinski definition) is 3. The summed E-state index contributed by atoms with van der Waals surface area (Å²) in [5.74, 6) is 0. The summed E-state index contributed by atoms with van der Waals surface area (Å²) in [6.45, 7) is -0.288. The number of benzene rings is 1. The highest BCUT2D eigenvalue weighted by molar-refractivity contribution is 9.10. The van der Waals surface area contributed by atoms with E-state index in [4.69, 9.17) is 22.4 Å². The maximum absolute atomic E-state index is 9.70. The Balaban J connectivity index is 2.99. The highest BCUT2D eigenvalue weighted by atomic mass is 79.9. The molecule has 0 fully saturated rings. The van der Waals surface area contributed by atoms with Crippen LogP contribution in [-0.4, -0.2) is 22.9 Å². The fourth-order valence-electron chi connectivity index (χ4n) is 1.07. The standard InChI is InChI=1S/C9H11BrClNO2/c10-5-1-2-7(11)6(3-5)9(14)8(12)4-13/h1-3,8-9,13-14H,4,12H2. The molecule has 0 bridgehead atoms. The zero-order valence-electron chi connectivity index (χ0n) is 7.32. The molecule has 1 rings (SSSR count). The van der Waals surface area contributed by atoms with Gasteiger partial charge in [0.05, 0.1) is 18.8 Å². The van der Waals surface area contributed by atoms with Crippen LogP contribution in [0, 0.1) is 0 Å². The fraction of sp³-hybridized carbons (Fsp3) is 0.333. The Morgan fingerprint density at radius 2 is 2.14 bits per heavy atom. The van der Waals surface area contributed by atoms with E-state index in [1.807, 2.05) is 0 Å². The van der Waals surface area contributed by atoms with Gasteiger partial charge in [-0.25, -0.2) is 0 Å². The average Bonchev–Trinajstić information content (AvgIpc) is 2.19. The van der Waals surface area contributed by atoms with Gasteiger partial charge in [-0.3, -0.25) is 0 Å². The minimum absolute atomic E-state index is 0.288. The van der Waals surface area contributed by atoms with Crippen LogP contribution in [0.15, 0.2) is 22.7 Å². The molecule has 0 aliphatic heterocycles. The Kier molecular flexibility index (Phi) is 4.34. The molecule has 14 heavy (non-hydrogen) atoms. The Labute approximate surface area is 95.6 Å². The molecule has 4 N–H and O–H groups in total. The molecular weight excluding hydrogens is 269 g/mol. The lowest BCUT2D eigenvalue weighted by Crippen LogP contribution is -2.32. The van der Waals surface area contributed by atoms with Crippen LogP contribution in [0.25, 0.3) is 0 Å². The molecule has 0 saturated heterocycles. The molecule has 0 aromatic heterocycles. The van der Waals surface area contributed by atoms with E-state index < -0.39 is 12.1 Å². The van der Waals surface area contributed by atoms with Gasteiger partial charge in [0.25, 0.3) is 0 Å². The third-order valence-corrected chi connectivity index (χ3v) is 2.73. The Bertz CT molecular complexity index is 322. The van der Waals surface area contributed by atoms with Crippen molar-refractivity contribution in [2.45, 2.75) is 12.1 Å². The molecule has 3 nitrogen and oxygen atoms in total. The Morgan fingerprint density at radius 3 is 2.71 bits per heavy atom. The van der Waals surface area contributed by atoms with Gasteiger partial charge in [0.15, 0.2) is 0 Å². The highest BCUT2D eigenvalue weighted by Crippen LogP contribution is 2.27. The van der Waals surface area contributed by atoms with Crippen LogP contribution in [0.2, 0.25) is 5.02 Å². The monoisotopic (exact) mass is 279 g/mol. The van der Waals surface area contributed by atoms with Gasteiger partial charge in [-0.2, -0.15) is 0 Å². The third-order valence-electron chi connectivity index (χ3n) is 1.89. The van der Waals surface area contributed by atoms with Gasteiger partial charge in [0, 0.05) is 15.1 Å². The minimum Gasteiger partial charge on any atom is -0.395 e. The average molecular weight is 281 g/mol. The molecule has 0 saturated carbocycles. The number of aliphatic hydroxyl groups is 2. The van der Waals surface area contributed by atoms with Crippen LogP contribution >= 0.6 is 27.5 Å². The molecule has 1 aromatic rings. The smallest absolute Gasteiger partial charge is 0.0978 e. The minimum atomic E-state index is -0.954. The Morgan fingerprint density at radius 1 is 1.50 bits per heavy atom. The lowest BCUT2D eigenvalue weighted by atomic mass is 10.0. The summed E-state index contributed by atoms with van der Waals surface area (Å²) in [7, 11) is 0. The number of aliphatic hydroxyl groups excluding tert-OH is 2. The van der Waals surface area contributed by atoms with Gasteiger partial charge in [0.1, 0.15) is 0 Å². The van der Waals surface area contributed by atoms with Crippen LogP contribution in [-0.2, 0) is 0 Å². The van der Waals surface area contributed by atoms with Crippen molar-refractivity contribution in [1.29, 1.82) is 0 Å². The van der Waals surface area contributed by atoms with E-state index >= 15 is 0 Å². The van der Waals surface area contributed by atoms with Crippen LogP contribution in [0.5, 0.6) is 0 Å². The predicted octanol–water partition coefficient (Wildman–Crippen LogP) is 1.46. The molecule has 0 aliphatic carbocycles. The van der Waals surface area contributed by atoms with E-state index in [1.165, 1.54) is 0 Å². The first-order chi connectivity index (χ1) is 6.56. The molecule has 0 spiro atoms. The summed E-state index contributed by atoms with van der Waals surface area (Å²) in [5, 5.41) is 18.9. The maximum atomic E-state index is 9.70. The van der Waals surface area contributed by atoms with E-state index in [-0.39, 0.29) is 6.61 Å². The molecule has 0 radical (unpaired) electrons. The van der Waals surface area contributed by atoms with Gasteiger partial charge < -0.3 is 15.9 Å². The van der Waals surface area contributed by atoms with Crippen LogP contribution in [0.3, 0.4) is 0 Å². The zero-order valence-corrected chi connectivity index (χ0v) is 9.66. The van der Waals surface area contributed by atoms with Crippen molar-refractivity contribution in [2.24, 2.45) is 5.73 Å². The first-order valence-electron chi connectivity index (χ1n) is 4.05. The van der Waals surface area contributed by atoms with Gasteiger partial charge >= 0.3 is 0 Å². The SMILES string of the molecule is NC(CO)C(O)c1cc(Br)ccc1Cl. The predicted molar refractivity (Wildman–Crippen MR) is 59.2 cm³/mol. The lowest BCUT2D eigenvalue weighted by molar-refractivity contribution is 0.109. The molecule has 0 amide bonds. The molecule has 2 atom stereocenters. The van der Waals surface area contributed by atoms with Crippen molar-refractivity contribution in [3.05, 3.63) is 33.3 Å². The first kappa shape index (κ1) is 11.9. The highest BCUT2D eigenvalue weighted by Gasteiger charge is 2.18. The second-order valence-corrected chi connectivity index (χ2v) is 4.28. The molecule has 0 heterocycles. The number of hydrogen-bond acceptors (Lipinski definition) is 3. The lowest BCUT2D eigenvalue weighted by Gasteiger charge is -2.18. The Hall–Kier alpha value is -0.130. The number of rotatable bonds is 3. The van der Waals surface area contributed by atoms with E-state index in [1.54, 1.807) is 18.2 Å². The molecule has 2 unspecified atom stereocenters. The summed E-state index contributed by atoms with van der Waals surface area (Å²) >= 11 is 9.14. The molecule has 1 aromatic carbocycles. The summed E-state index contributed by atoms with van der Waals surface area (Å²) < 4.78 is 0.807. The molecular formula is C9H11BrClNO2. The van der Waals surface area contributed by atoms with Crippen molar-refractivity contribution >= 4 is 27.5 Å². The second kappa shape index (κ2) is 5.09. The van der Waals surface area contributed by atoms with E-state index in [2.05, 4.69) is 15.9 Å². The van der Waals surface area contributed by atoms with Crippen LogP contribution in [0.4, 0.5) is 0 Å². The van der Waals surface area contributed by atoms with Crippen LogP contribution < -0.4 is 5.73 Å². The summed E-state index contributed by atoms with van der Waals surface area (Å²) in [6.07, 6.45) is -0.954. The van der Waals surface area contributed by atoms with Gasteiger partial charge in [-0.05, 0) is 18.2 Å². The van der Waals surface area contributed by atoms with Crippen molar-refractivity contribution in [3.63, 3.8) is 0 Å². The van der Waals surface area contributed by atoms with Gasteiger partial charge in [0.2, 0.25) is 0 Å². The second-order valence-electron chi connectivity index (χ2n) is 2.96. The van der Waals surface area contributed by atoms with Crippen molar-refractivity contribution < 1.29 is 10.2 Å². The van der Waals surface area contributed by atoms with Crippen molar-refractivity contribution in [1.82, 2.24) is 0 Å². The van der Waals surface area contributed by atoms with Crippen molar-refractivity contribution in [2.75, 3.05) is 6.61 Å². The number of halogens is 2. The normalized spacial score (nSPS) is 15.2. The largest absolute Gasteiger partial charge is 0.395 e. The third kappa shape index (κ3) is 2.68. The molecule has 78 valence electrons. The van der Waals surface area contributed by atoms with Gasteiger partial charge in [-0.15, -0.1) is 0 Å². The first-order valence-corrected chi connectivity index (χ1v) is 5.22. The van der Waals surface area contributed by atoms with E-state index in [9.17, 15) is 5.11 Å². The topological polar surface area (TPSA) is 66.5 Å². The summed E-state index contributed by atoms with van der Waals surface area (Å²) in [5.41, 5.74) is 6.01. The fourth-order valence-corrected chi connectivity index (χ4v) is 1.68. The summed E-state index contributed by atoms with van der Waals surface area (Å²) in [4.78, 5) is 0. The zero-order chi connectivity index (χ0) is 10.7. The molecule has 5 heteroatoms. The van der Waals surface area contributed by atoms with Gasteiger partial charge in [-0.1, -0.05) is 27.5 Å². The van der Waals surface area contributed by atoms with E-state index in [0.717, 1.165) is 4.47 Å². The van der Waals surface area contributed by atoms with E-state index in [0.29, 0.717) is 10.6 Å². The number of nitrogens with two attached hydrogens (primary N) is 1. The summed E-state index contributed by atoms with van der Waals surface area (Å²) in [6, 6.07) is 4.39. The van der Waals surface area contributed by atoms with Crippen LogP contribution in [0.1, 0.15) is 11.7 Å². The quantitative estimate of drug-likeness (QED) is 0.785. The maximum Gasteiger partial charge on any atom is 0.0978 e.